The molecule has 0 saturated carbocycles. The number of ether oxygens (including phenoxy) is 1. The van der Waals surface area contributed by atoms with Crippen LogP contribution >= 0.6 is 11.6 Å². The van der Waals surface area contributed by atoms with E-state index in [1.54, 1.807) is 45.0 Å². The highest BCUT2D eigenvalue weighted by Gasteiger charge is 2.36. The monoisotopic (exact) mass is 492 g/mol. The molecule has 1 aromatic carbocycles. The van der Waals surface area contributed by atoms with Crippen molar-refractivity contribution in [1.82, 2.24) is 24.4 Å². The van der Waals surface area contributed by atoms with E-state index in [4.69, 9.17) is 16.3 Å². The molecule has 0 aliphatic heterocycles. The SMILES string of the molecule is CC(C)(C)c1cc(C(F)(F)F)n2nc(C(=O)Nc3cnn(COc4cccc(Cl)c4)c3)cc2n1. The number of carbonyl (C=O) groups is 1. The zero-order valence-corrected chi connectivity index (χ0v) is 19.1. The lowest BCUT2D eigenvalue weighted by Crippen LogP contribution is -2.20. The van der Waals surface area contributed by atoms with Crippen LogP contribution in [0.15, 0.2) is 48.8 Å². The number of benzene rings is 1. The van der Waals surface area contributed by atoms with Crippen molar-refractivity contribution in [2.24, 2.45) is 0 Å². The molecule has 178 valence electrons. The first-order valence-corrected chi connectivity index (χ1v) is 10.5. The Morgan fingerprint density at radius 2 is 1.94 bits per heavy atom. The van der Waals surface area contributed by atoms with Crippen molar-refractivity contribution in [2.45, 2.75) is 39.1 Å². The number of rotatable bonds is 5. The Labute approximate surface area is 197 Å². The van der Waals surface area contributed by atoms with E-state index < -0.39 is 23.2 Å². The lowest BCUT2D eigenvalue weighted by molar-refractivity contribution is -0.142. The summed E-state index contributed by atoms with van der Waals surface area (Å²) in [7, 11) is 0. The number of hydrogen-bond acceptors (Lipinski definition) is 5. The van der Waals surface area contributed by atoms with Crippen LogP contribution < -0.4 is 10.1 Å². The van der Waals surface area contributed by atoms with E-state index in [-0.39, 0.29) is 23.8 Å². The number of nitrogens with zero attached hydrogens (tertiary/aromatic N) is 5. The first kappa shape index (κ1) is 23.6. The lowest BCUT2D eigenvalue weighted by Gasteiger charge is -2.19. The van der Waals surface area contributed by atoms with Crippen LogP contribution in [0.1, 0.15) is 42.6 Å². The van der Waals surface area contributed by atoms with E-state index >= 15 is 0 Å². The number of halogens is 4. The summed E-state index contributed by atoms with van der Waals surface area (Å²) in [4.78, 5) is 16.9. The maximum atomic E-state index is 13.6. The summed E-state index contributed by atoms with van der Waals surface area (Å²) in [6.07, 6.45) is -1.79. The largest absolute Gasteiger partial charge is 0.471 e. The molecule has 12 heteroatoms. The van der Waals surface area contributed by atoms with Gasteiger partial charge < -0.3 is 10.1 Å². The summed E-state index contributed by atoms with van der Waals surface area (Å²) < 4.78 is 48.6. The highest BCUT2D eigenvalue weighted by Crippen LogP contribution is 2.32. The van der Waals surface area contributed by atoms with Gasteiger partial charge in [-0.25, -0.2) is 14.2 Å². The van der Waals surface area contributed by atoms with E-state index in [1.165, 1.54) is 23.1 Å². The minimum Gasteiger partial charge on any atom is -0.471 e. The number of fused-ring (bicyclic) bond motifs is 1. The van der Waals surface area contributed by atoms with E-state index in [2.05, 4.69) is 20.5 Å². The molecule has 34 heavy (non-hydrogen) atoms. The molecule has 0 atom stereocenters. The van der Waals surface area contributed by atoms with Gasteiger partial charge in [0.05, 0.1) is 23.8 Å². The van der Waals surface area contributed by atoms with Gasteiger partial charge in [0, 0.05) is 16.5 Å². The number of alkyl halides is 3. The molecule has 1 amide bonds. The van der Waals surface area contributed by atoms with Crippen molar-refractivity contribution in [2.75, 3.05) is 5.32 Å². The number of nitrogens with one attached hydrogen (secondary N) is 1. The fourth-order valence-corrected chi connectivity index (χ4v) is 3.24. The van der Waals surface area contributed by atoms with Gasteiger partial charge in [-0.1, -0.05) is 38.4 Å². The second-order valence-corrected chi connectivity index (χ2v) is 8.96. The minimum atomic E-state index is -4.68. The van der Waals surface area contributed by atoms with Crippen molar-refractivity contribution in [3.05, 3.63) is 70.9 Å². The first-order valence-electron chi connectivity index (χ1n) is 10.1. The molecule has 0 aliphatic rings. The fraction of sp³-hybridized carbons (Fsp3) is 0.273. The normalized spacial score (nSPS) is 12.2. The summed E-state index contributed by atoms with van der Waals surface area (Å²) in [5.74, 6) is -0.160. The Bertz CT molecular complexity index is 1360. The van der Waals surface area contributed by atoms with Gasteiger partial charge in [-0.15, -0.1) is 0 Å². The molecule has 0 aliphatic carbocycles. The molecule has 3 heterocycles. The van der Waals surface area contributed by atoms with Crippen LogP contribution in [0.5, 0.6) is 5.75 Å². The summed E-state index contributed by atoms with van der Waals surface area (Å²) in [5, 5.41) is 11.0. The van der Waals surface area contributed by atoms with Gasteiger partial charge in [-0.3, -0.25) is 4.79 Å². The Kier molecular flexibility index (Phi) is 5.98. The second kappa shape index (κ2) is 8.64. The third kappa shape index (κ3) is 5.14. The maximum absolute atomic E-state index is 13.6. The highest BCUT2D eigenvalue weighted by molar-refractivity contribution is 6.30. The quantitative estimate of drug-likeness (QED) is 0.414. The molecule has 4 rings (SSSR count). The third-order valence-corrected chi connectivity index (χ3v) is 5.00. The van der Waals surface area contributed by atoms with Gasteiger partial charge in [-0.2, -0.15) is 23.4 Å². The van der Waals surface area contributed by atoms with Gasteiger partial charge in [0.2, 0.25) is 0 Å². The van der Waals surface area contributed by atoms with Gasteiger partial charge in [0.15, 0.2) is 18.1 Å². The van der Waals surface area contributed by atoms with E-state index in [1.807, 2.05) is 0 Å². The van der Waals surface area contributed by atoms with Crippen LogP contribution in [-0.2, 0) is 18.3 Å². The van der Waals surface area contributed by atoms with E-state index in [9.17, 15) is 18.0 Å². The Balaban J connectivity index is 1.53. The lowest BCUT2D eigenvalue weighted by atomic mass is 9.91. The summed E-state index contributed by atoms with van der Waals surface area (Å²) in [5.41, 5.74) is -1.37. The maximum Gasteiger partial charge on any atom is 0.433 e. The predicted molar refractivity (Wildman–Crippen MR) is 119 cm³/mol. The van der Waals surface area contributed by atoms with Crippen molar-refractivity contribution in [1.29, 1.82) is 0 Å². The third-order valence-electron chi connectivity index (χ3n) is 4.77. The van der Waals surface area contributed by atoms with Gasteiger partial charge in [0.1, 0.15) is 11.4 Å². The number of hydrogen-bond donors (Lipinski definition) is 1. The topological polar surface area (TPSA) is 86.3 Å². The second-order valence-electron chi connectivity index (χ2n) is 8.53. The molecule has 1 N–H and O–H groups in total. The molecule has 0 radical (unpaired) electrons. The zero-order chi connectivity index (χ0) is 24.7. The molecule has 8 nitrogen and oxygen atoms in total. The summed E-state index contributed by atoms with van der Waals surface area (Å²) in [6, 6.07) is 9.00. The predicted octanol–water partition coefficient (Wildman–Crippen LogP) is 5.18. The van der Waals surface area contributed by atoms with Crippen molar-refractivity contribution < 1.29 is 22.7 Å². The molecule has 4 aromatic rings. The molecule has 0 bridgehead atoms. The fourth-order valence-electron chi connectivity index (χ4n) is 3.06. The Hall–Kier alpha value is -3.60. The van der Waals surface area contributed by atoms with Crippen LogP contribution in [-0.4, -0.2) is 30.3 Å². The van der Waals surface area contributed by atoms with E-state index in [0.717, 1.165) is 6.07 Å². The standard InChI is InChI=1S/C22H20ClF3N6O2/c1-21(2,3)17-9-18(22(24,25)26)32-19(29-17)8-16(30-32)20(33)28-14-10-27-31(11-14)12-34-15-6-4-5-13(23)7-15/h4-11H,12H2,1-3H3,(H,28,33). The molecule has 3 aromatic heterocycles. The average molecular weight is 493 g/mol. The molecule has 0 fully saturated rings. The number of aromatic nitrogens is 5. The number of amides is 1. The van der Waals surface area contributed by atoms with Gasteiger partial charge in [-0.05, 0) is 24.3 Å². The van der Waals surface area contributed by atoms with Crippen LogP contribution in [0.3, 0.4) is 0 Å². The first-order chi connectivity index (χ1) is 15.9. The minimum absolute atomic E-state index is 0.0546. The molecule has 0 unspecified atom stereocenters. The molecular formula is C22H20ClF3N6O2. The molecule has 0 spiro atoms. The van der Waals surface area contributed by atoms with Crippen LogP contribution in [0, 0.1) is 0 Å². The van der Waals surface area contributed by atoms with E-state index in [0.29, 0.717) is 21.0 Å². The Morgan fingerprint density at radius 1 is 1.18 bits per heavy atom. The van der Waals surface area contributed by atoms with Gasteiger partial charge in [0.25, 0.3) is 5.91 Å². The number of anilines is 1. The smallest absolute Gasteiger partial charge is 0.433 e. The van der Waals surface area contributed by atoms with Crippen molar-refractivity contribution in [3.8, 4) is 5.75 Å². The summed E-state index contributed by atoms with van der Waals surface area (Å²) >= 11 is 5.92. The molecule has 0 saturated heterocycles. The average Bonchev–Trinajstić information content (AvgIpc) is 3.36. The van der Waals surface area contributed by atoms with Crippen LogP contribution in [0.4, 0.5) is 18.9 Å². The van der Waals surface area contributed by atoms with Crippen LogP contribution in [0.2, 0.25) is 5.02 Å². The zero-order valence-electron chi connectivity index (χ0n) is 18.4. The van der Waals surface area contributed by atoms with Crippen LogP contribution in [0.25, 0.3) is 5.65 Å². The van der Waals surface area contributed by atoms with Crippen molar-refractivity contribution >= 4 is 28.8 Å². The highest BCUT2D eigenvalue weighted by atomic mass is 35.5. The molecular weight excluding hydrogens is 473 g/mol. The van der Waals surface area contributed by atoms with Gasteiger partial charge >= 0.3 is 6.18 Å². The summed E-state index contributed by atoms with van der Waals surface area (Å²) in [6.45, 7) is 5.32. The Morgan fingerprint density at radius 3 is 2.62 bits per heavy atom. The van der Waals surface area contributed by atoms with Crippen molar-refractivity contribution in [3.63, 3.8) is 0 Å². The number of carbonyl (C=O) groups excluding carboxylic acids is 1.